The fraction of sp³-hybridized carbons (Fsp3) is 0.200. The number of benzene rings is 2. The first-order chi connectivity index (χ1) is 13.1. The highest BCUT2D eigenvalue weighted by Crippen LogP contribution is 2.28. The van der Waals surface area contributed by atoms with Crippen LogP contribution in [0.3, 0.4) is 0 Å². The Labute approximate surface area is 155 Å². The maximum atomic E-state index is 12.1. The van der Waals surface area contributed by atoms with Gasteiger partial charge >= 0.3 is 5.76 Å². The SMILES string of the molecule is CCCOc1ccc(/C=C/C(=O)Nc2ccc3oc(=O)[nH]c3c2)cc1OC. The Bertz CT molecular complexity index is 1030. The van der Waals surface area contributed by atoms with Crippen LogP contribution in [0.5, 0.6) is 11.5 Å². The summed E-state index contributed by atoms with van der Waals surface area (Å²) < 4.78 is 15.9. The number of rotatable bonds is 7. The van der Waals surface area contributed by atoms with Crippen molar-refractivity contribution in [2.75, 3.05) is 19.0 Å². The first-order valence-corrected chi connectivity index (χ1v) is 8.52. The minimum atomic E-state index is -0.534. The third-order valence-corrected chi connectivity index (χ3v) is 3.76. The van der Waals surface area contributed by atoms with Crippen molar-refractivity contribution in [3.05, 3.63) is 58.6 Å². The van der Waals surface area contributed by atoms with Gasteiger partial charge in [-0.2, -0.15) is 0 Å². The van der Waals surface area contributed by atoms with Crippen LogP contribution in [0.25, 0.3) is 17.2 Å². The zero-order valence-corrected chi connectivity index (χ0v) is 15.1. The van der Waals surface area contributed by atoms with Gasteiger partial charge in [0, 0.05) is 11.8 Å². The summed E-state index contributed by atoms with van der Waals surface area (Å²) in [6, 6.07) is 10.4. The van der Waals surface area contributed by atoms with Crippen LogP contribution in [0.1, 0.15) is 18.9 Å². The van der Waals surface area contributed by atoms with E-state index >= 15 is 0 Å². The highest BCUT2D eigenvalue weighted by atomic mass is 16.5. The van der Waals surface area contributed by atoms with Crippen LogP contribution in [0, 0.1) is 0 Å². The maximum Gasteiger partial charge on any atom is 0.417 e. The van der Waals surface area contributed by atoms with Gasteiger partial charge in [0.15, 0.2) is 17.1 Å². The number of aromatic amines is 1. The van der Waals surface area contributed by atoms with Crippen molar-refractivity contribution in [2.24, 2.45) is 0 Å². The zero-order valence-electron chi connectivity index (χ0n) is 15.1. The molecule has 7 nitrogen and oxygen atoms in total. The third-order valence-electron chi connectivity index (χ3n) is 3.76. The predicted molar refractivity (Wildman–Crippen MR) is 103 cm³/mol. The summed E-state index contributed by atoms with van der Waals surface area (Å²) in [5, 5.41) is 2.74. The number of carbonyl (C=O) groups is 1. The van der Waals surface area contributed by atoms with E-state index in [0.29, 0.717) is 34.9 Å². The number of hydrogen-bond donors (Lipinski definition) is 2. The quantitative estimate of drug-likeness (QED) is 0.622. The molecule has 0 saturated heterocycles. The molecule has 140 valence electrons. The van der Waals surface area contributed by atoms with Gasteiger partial charge in [0.2, 0.25) is 5.91 Å². The van der Waals surface area contributed by atoms with Crippen LogP contribution >= 0.6 is 0 Å². The van der Waals surface area contributed by atoms with E-state index in [4.69, 9.17) is 13.9 Å². The summed E-state index contributed by atoms with van der Waals surface area (Å²) in [5.74, 6) is 0.447. The third kappa shape index (κ3) is 4.58. The van der Waals surface area contributed by atoms with E-state index in [1.807, 2.05) is 19.1 Å². The van der Waals surface area contributed by atoms with Gasteiger partial charge in [-0.25, -0.2) is 4.79 Å². The van der Waals surface area contributed by atoms with E-state index in [0.717, 1.165) is 12.0 Å². The lowest BCUT2D eigenvalue weighted by Gasteiger charge is -2.10. The number of oxazole rings is 1. The standard InChI is InChI=1S/C20H20N2O5/c1-3-10-26-17-7-4-13(11-18(17)25-2)5-9-19(23)21-14-6-8-16-15(12-14)22-20(24)27-16/h4-9,11-12H,3,10H2,1-2H3,(H,21,23)(H,22,24)/b9-5+. The molecule has 3 rings (SSSR count). The molecule has 0 unspecified atom stereocenters. The smallest absolute Gasteiger partial charge is 0.417 e. The topological polar surface area (TPSA) is 93.6 Å². The molecule has 2 aromatic carbocycles. The Kier molecular flexibility index (Phi) is 5.61. The molecule has 0 fully saturated rings. The average molecular weight is 368 g/mol. The van der Waals surface area contributed by atoms with Crippen LogP contribution < -0.4 is 20.5 Å². The zero-order chi connectivity index (χ0) is 19.2. The fourth-order valence-corrected chi connectivity index (χ4v) is 2.50. The molecule has 0 aliphatic rings. The van der Waals surface area contributed by atoms with E-state index in [-0.39, 0.29) is 5.91 Å². The number of anilines is 1. The number of carbonyl (C=O) groups excluding carboxylic acids is 1. The first-order valence-electron chi connectivity index (χ1n) is 8.52. The number of methoxy groups -OCH3 is 1. The Morgan fingerprint density at radius 3 is 2.85 bits per heavy atom. The van der Waals surface area contributed by atoms with Gasteiger partial charge in [-0.15, -0.1) is 0 Å². The molecule has 7 heteroatoms. The van der Waals surface area contributed by atoms with Crippen molar-refractivity contribution >= 4 is 28.8 Å². The van der Waals surface area contributed by atoms with E-state index in [1.165, 1.54) is 6.08 Å². The first kappa shape index (κ1) is 18.3. The van der Waals surface area contributed by atoms with Crippen LogP contribution in [-0.2, 0) is 4.79 Å². The molecule has 3 aromatic rings. The number of amides is 1. The molecule has 0 aliphatic heterocycles. The van der Waals surface area contributed by atoms with Crippen molar-refractivity contribution in [3.63, 3.8) is 0 Å². The van der Waals surface area contributed by atoms with Gasteiger partial charge in [-0.05, 0) is 48.4 Å². The molecule has 27 heavy (non-hydrogen) atoms. The van der Waals surface area contributed by atoms with E-state index < -0.39 is 5.76 Å². The highest BCUT2D eigenvalue weighted by molar-refractivity contribution is 6.02. The molecule has 2 N–H and O–H groups in total. The number of fused-ring (bicyclic) bond motifs is 1. The minimum Gasteiger partial charge on any atom is -0.493 e. The molecule has 0 bridgehead atoms. The summed E-state index contributed by atoms with van der Waals surface area (Å²) in [6.45, 7) is 2.64. The molecular formula is C20H20N2O5. The minimum absolute atomic E-state index is 0.300. The monoisotopic (exact) mass is 368 g/mol. The summed E-state index contributed by atoms with van der Waals surface area (Å²) >= 11 is 0. The van der Waals surface area contributed by atoms with Crippen molar-refractivity contribution in [1.29, 1.82) is 0 Å². The Morgan fingerprint density at radius 1 is 1.22 bits per heavy atom. The second-order valence-corrected chi connectivity index (χ2v) is 5.81. The largest absolute Gasteiger partial charge is 0.493 e. The second-order valence-electron chi connectivity index (χ2n) is 5.81. The van der Waals surface area contributed by atoms with E-state index in [9.17, 15) is 9.59 Å². The van der Waals surface area contributed by atoms with Gasteiger partial charge in [0.25, 0.3) is 0 Å². The molecule has 0 radical (unpaired) electrons. The molecular weight excluding hydrogens is 348 g/mol. The van der Waals surface area contributed by atoms with Gasteiger partial charge in [-0.1, -0.05) is 13.0 Å². The Morgan fingerprint density at radius 2 is 2.07 bits per heavy atom. The highest BCUT2D eigenvalue weighted by Gasteiger charge is 2.06. The summed E-state index contributed by atoms with van der Waals surface area (Å²) in [4.78, 5) is 25.9. The van der Waals surface area contributed by atoms with Crippen LogP contribution in [0.15, 0.2) is 51.7 Å². The lowest BCUT2D eigenvalue weighted by molar-refractivity contribution is -0.111. The Hall–Kier alpha value is -3.48. The summed E-state index contributed by atoms with van der Waals surface area (Å²) in [5.41, 5.74) is 2.32. The van der Waals surface area contributed by atoms with Gasteiger partial charge in [0.1, 0.15) is 0 Å². The van der Waals surface area contributed by atoms with Gasteiger partial charge in [-0.3, -0.25) is 9.78 Å². The van der Waals surface area contributed by atoms with Crippen LogP contribution in [0.4, 0.5) is 5.69 Å². The van der Waals surface area contributed by atoms with E-state index in [2.05, 4.69) is 10.3 Å². The molecule has 1 heterocycles. The molecule has 0 spiro atoms. The van der Waals surface area contributed by atoms with Crippen molar-refractivity contribution in [2.45, 2.75) is 13.3 Å². The van der Waals surface area contributed by atoms with E-state index in [1.54, 1.807) is 37.5 Å². The molecule has 0 aliphatic carbocycles. The fourth-order valence-electron chi connectivity index (χ4n) is 2.50. The number of hydrogen-bond acceptors (Lipinski definition) is 5. The second kappa shape index (κ2) is 8.27. The predicted octanol–water partition coefficient (Wildman–Crippen LogP) is 3.57. The van der Waals surface area contributed by atoms with Gasteiger partial charge in [0.05, 0.1) is 19.2 Å². The van der Waals surface area contributed by atoms with Crippen molar-refractivity contribution in [3.8, 4) is 11.5 Å². The average Bonchev–Trinajstić information content (AvgIpc) is 3.04. The summed E-state index contributed by atoms with van der Waals surface area (Å²) in [6.07, 6.45) is 4.01. The van der Waals surface area contributed by atoms with Crippen LogP contribution in [0.2, 0.25) is 0 Å². The van der Waals surface area contributed by atoms with Crippen molar-refractivity contribution in [1.82, 2.24) is 4.98 Å². The molecule has 0 atom stereocenters. The number of aromatic nitrogens is 1. The lowest BCUT2D eigenvalue weighted by Crippen LogP contribution is -2.07. The normalized spacial score (nSPS) is 11.0. The summed E-state index contributed by atoms with van der Waals surface area (Å²) in [7, 11) is 1.57. The maximum absolute atomic E-state index is 12.1. The van der Waals surface area contributed by atoms with Crippen molar-refractivity contribution < 1.29 is 18.7 Å². The van der Waals surface area contributed by atoms with Gasteiger partial charge < -0.3 is 19.2 Å². The molecule has 1 aromatic heterocycles. The lowest BCUT2D eigenvalue weighted by atomic mass is 10.2. The van der Waals surface area contributed by atoms with Crippen LogP contribution in [-0.4, -0.2) is 24.6 Å². The number of H-pyrrole nitrogens is 1. The molecule has 0 saturated carbocycles. The number of nitrogens with one attached hydrogen (secondary N) is 2. The molecule has 1 amide bonds. The number of ether oxygens (including phenoxy) is 2. The Balaban J connectivity index is 1.68.